The Balaban J connectivity index is 1.22. The van der Waals surface area contributed by atoms with Crippen molar-refractivity contribution in [1.82, 2.24) is 14.9 Å². The Hall–Kier alpha value is -3.60. The molecule has 0 aliphatic rings. The molecule has 5 nitrogen and oxygen atoms in total. The van der Waals surface area contributed by atoms with Gasteiger partial charge in [-0.2, -0.15) is 0 Å². The normalized spacial score (nSPS) is 11.1. The smallest absolute Gasteiger partial charge is 0.251 e. The predicted octanol–water partition coefficient (Wildman–Crippen LogP) is 6.96. The number of rotatable bonds is 13. The SMILES string of the molecule is Cc1cccc(C(=O)NCCCCCc2nc3ccccc3n2CCCCOc2ccc(C)cc2C)c1. The zero-order valence-corrected chi connectivity index (χ0v) is 22.4. The third kappa shape index (κ3) is 7.45. The number of amides is 1. The van der Waals surface area contributed by atoms with Crippen LogP contribution in [0.3, 0.4) is 0 Å². The van der Waals surface area contributed by atoms with Gasteiger partial charge < -0.3 is 14.6 Å². The van der Waals surface area contributed by atoms with Gasteiger partial charge in [-0.25, -0.2) is 4.98 Å². The molecule has 1 N–H and O–H groups in total. The molecular weight excluding hydrogens is 458 g/mol. The Labute approximate surface area is 220 Å². The lowest BCUT2D eigenvalue weighted by Crippen LogP contribution is -2.24. The van der Waals surface area contributed by atoms with Crippen LogP contribution in [0.2, 0.25) is 0 Å². The summed E-state index contributed by atoms with van der Waals surface area (Å²) in [6, 6.07) is 22.5. The number of unbranched alkanes of at least 4 members (excludes halogenated alkanes) is 3. The summed E-state index contributed by atoms with van der Waals surface area (Å²) < 4.78 is 8.41. The lowest BCUT2D eigenvalue weighted by Gasteiger charge is -2.12. The second-order valence-electron chi connectivity index (χ2n) is 9.93. The number of aromatic nitrogens is 2. The first kappa shape index (κ1) is 26.5. The Bertz CT molecular complexity index is 1320. The molecule has 1 amide bonds. The molecule has 0 saturated carbocycles. The number of nitrogens with zero attached hydrogens (tertiary/aromatic N) is 2. The van der Waals surface area contributed by atoms with Crippen molar-refractivity contribution in [2.75, 3.05) is 13.2 Å². The third-order valence-electron chi connectivity index (χ3n) is 6.74. The summed E-state index contributed by atoms with van der Waals surface area (Å²) in [4.78, 5) is 17.3. The van der Waals surface area contributed by atoms with E-state index in [-0.39, 0.29) is 5.91 Å². The molecule has 1 heterocycles. The maximum atomic E-state index is 12.3. The molecule has 37 heavy (non-hydrogen) atoms. The average Bonchev–Trinajstić information content (AvgIpc) is 3.24. The number of nitrogens with one attached hydrogen (secondary N) is 1. The van der Waals surface area contributed by atoms with Gasteiger partial charge in [0.05, 0.1) is 17.6 Å². The topological polar surface area (TPSA) is 56.2 Å². The van der Waals surface area contributed by atoms with Crippen LogP contribution in [0, 0.1) is 20.8 Å². The second kappa shape index (κ2) is 13.1. The van der Waals surface area contributed by atoms with Crippen molar-refractivity contribution in [1.29, 1.82) is 0 Å². The van der Waals surface area contributed by atoms with E-state index in [4.69, 9.17) is 9.72 Å². The van der Waals surface area contributed by atoms with Crippen molar-refractivity contribution in [3.05, 3.63) is 94.8 Å². The van der Waals surface area contributed by atoms with Gasteiger partial charge in [0, 0.05) is 25.1 Å². The number of hydrogen-bond donors (Lipinski definition) is 1. The number of fused-ring (bicyclic) bond motifs is 1. The molecule has 0 atom stereocenters. The summed E-state index contributed by atoms with van der Waals surface area (Å²) in [6.07, 6.45) is 6.07. The number of carbonyl (C=O) groups excluding carboxylic acids is 1. The number of carbonyl (C=O) groups is 1. The van der Waals surface area contributed by atoms with Crippen molar-refractivity contribution in [2.45, 2.75) is 65.8 Å². The van der Waals surface area contributed by atoms with Gasteiger partial charge in [0.25, 0.3) is 5.91 Å². The van der Waals surface area contributed by atoms with E-state index in [1.54, 1.807) is 0 Å². The first-order chi connectivity index (χ1) is 18.0. The van der Waals surface area contributed by atoms with Crippen LogP contribution in [0.25, 0.3) is 11.0 Å². The van der Waals surface area contributed by atoms with Crippen LogP contribution in [0.4, 0.5) is 0 Å². The van der Waals surface area contributed by atoms with Crippen molar-refractivity contribution in [3.8, 4) is 5.75 Å². The fourth-order valence-corrected chi connectivity index (χ4v) is 4.76. The lowest BCUT2D eigenvalue weighted by atomic mass is 10.1. The van der Waals surface area contributed by atoms with E-state index in [9.17, 15) is 4.79 Å². The van der Waals surface area contributed by atoms with Gasteiger partial charge in [-0.3, -0.25) is 4.79 Å². The summed E-state index contributed by atoms with van der Waals surface area (Å²) >= 11 is 0. The zero-order chi connectivity index (χ0) is 26.0. The molecule has 0 radical (unpaired) electrons. The van der Waals surface area contributed by atoms with E-state index in [1.165, 1.54) is 16.6 Å². The van der Waals surface area contributed by atoms with Crippen LogP contribution in [0.5, 0.6) is 5.75 Å². The molecule has 0 aliphatic heterocycles. The summed E-state index contributed by atoms with van der Waals surface area (Å²) in [5.74, 6) is 2.14. The average molecular weight is 498 g/mol. The number of ether oxygens (including phenoxy) is 1. The number of benzene rings is 3. The molecule has 5 heteroatoms. The van der Waals surface area contributed by atoms with Gasteiger partial charge in [0.1, 0.15) is 11.6 Å². The van der Waals surface area contributed by atoms with Gasteiger partial charge in [-0.1, -0.05) is 53.9 Å². The molecule has 4 rings (SSSR count). The van der Waals surface area contributed by atoms with Crippen LogP contribution in [0.15, 0.2) is 66.7 Å². The van der Waals surface area contributed by atoms with E-state index in [1.807, 2.05) is 31.2 Å². The van der Waals surface area contributed by atoms with Gasteiger partial charge in [0.15, 0.2) is 0 Å². The first-order valence-electron chi connectivity index (χ1n) is 13.5. The first-order valence-corrected chi connectivity index (χ1v) is 13.5. The number of para-hydroxylation sites is 2. The third-order valence-corrected chi connectivity index (χ3v) is 6.74. The van der Waals surface area contributed by atoms with Gasteiger partial charge in [-0.15, -0.1) is 0 Å². The van der Waals surface area contributed by atoms with Crippen molar-refractivity contribution >= 4 is 16.9 Å². The minimum atomic E-state index is 0.00649. The summed E-state index contributed by atoms with van der Waals surface area (Å²) in [7, 11) is 0. The highest BCUT2D eigenvalue weighted by molar-refractivity contribution is 5.94. The van der Waals surface area contributed by atoms with Crippen LogP contribution < -0.4 is 10.1 Å². The Kier molecular flexibility index (Phi) is 9.36. The zero-order valence-electron chi connectivity index (χ0n) is 22.4. The summed E-state index contributed by atoms with van der Waals surface area (Å²) in [5, 5.41) is 3.04. The minimum Gasteiger partial charge on any atom is -0.493 e. The molecule has 0 unspecified atom stereocenters. The van der Waals surface area contributed by atoms with E-state index in [0.29, 0.717) is 6.54 Å². The minimum absolute atomic E-state index is 0.00649. The van der Waals surface area contributed by atoms with Crippen molar-refractivity contribution < 1.29 is 9.53 Å². The highest BCUT2D eigenvalue weighted by Crippen LogP contribution is 2.21. The quantitative estimate of drug-likeness (QED) is 0.203. The Morgan fingerprint density at radius 3 is 2.54 bits per heavy atom. The van der Waals surface area contributed by atoms with Crippen LogP contribution >= 0.6 is 0 Å². The Morgan fingerprint density at radius 1 is 0.865 bits per heavy atom. The lowest BCUT2D eigenvalue weighted by molar-refractivity contribution is 0.0953. The standard InChI is InChI=1S/C32H39N3O2/c1-24-12-11-13-27(23-24)32(36)33-19-8-4-5-16-31-34-28-14-6-7-15-29(28)35(31)20-9-10-21-37-30-18-17-25(2)22-26(30)3/h6-7,11-15,17-18,22-23H,4-5,8-10,16,19-21H2,1-3H3,(H,33,36). The molecule has 1 aromatic heterocycles. The number of aryl methyl sites for hydroxylation is 5. The van der Waals surface area contributed by atoms with E-state index >= 15 is 0 Å². The fraction of sp³-hybridized carbons (Fsp3) is 0.375. The molecular formula is C32H39N3O2. The van der Waals surface area contributed by atoms with Gasteiger partial charge in [0.2, 0.25) is 0 Å². The fourth-order valence-electron chi connectivity index (χ4n) is 4.76. The van der Waals surface area contributed by atoms with E-state index < -0.39 is 0 Å². The maximum absolute atomic E-state index is 12.3. The number of hydrogen-bond acceptors (Lipinski definition) is 3. The van der Waals surface area contributed by atoms with Crippen LogP contribution in [-0.4, -0.2) is 28.6 Å². The monoisotopic (exact) mass is 497 g/mol. The molecule has 0 saturated heterocycles. The highest BCUT2D eigenvalue weighted by atomic mass is 16.5. The van der Waals surface area contributed by atoms with Crippen molar-refractivity contribution in [3.63, 3.8) is 0 Å². The predicted molar refractivity (Wildman–Crippen MR) is 151 cm³/mol. The van der Waals surface area contributed by atoms with Crippen LogP contribution in [-0.2, 0) is 13.0 Å². The van der Waals surface area contributed by atoms with E-state index in [2.05, 4.69) is 66.2 Å². The van der Waals surface area contributed by atoms with Gasteiger partial charge in [-0.05, 0) is 82.3 Å². The molecule has 4 aromatic rings. The van der Waals surface area contributed by atoms with Gasteiger partial charge >= 0.3 is 0 Å². The Morgan fingerprint density at radius 2 is 1.70 bits per heavy atom. The molecule has 0 spiro atoms. The summed E-state index contributed by atoms with van der Waals surface area (Å²) in [5.41, 5.74) is 6.55. The molecule has 0 aliphatic carbocycles. The van der Waals surface area contributed by atoms with Crippen molar-refractivity contribution in [2.24, 2.45) is 0 Å². The van der Waals surface area contributed by atoms with Crippen LogP contribution in [0.1, 0.15) is 65.0 Å². The maximum Gasteiger partial charge on any atom is 0.251 e. The molecule has 194 valence electrons. The highest BCUT2D eigenvalue weighted by Gasteiger charge is 2.10. The summed E-state index contributed by atoms with van der Waals surface area (Å²) in [6.45, 7) is 8.57. The molecule has 0 bridgehead atoms. The largest absolute Gasteiger partial charge is 0.493 e. The molecule has 0 fully saturated rings. The second-order valence-corrected chi connectivity index (χ2v) is 9.93. The number of imidazole rings is 1. The molecule has 3 aromatic carbocycles. The van der Waals surface area contributed by atoms with E-state index in [0.717, 1.165) is 79.9 Å².